The smallest absolute Gasteiger partial charge is 0.226 e. The Hall–Kier alpha value is -6.14. The predicted octanol–water partition coefficient (Wildman–Crippen LogP) is 8.54. The van der Waals surface area contributed by atoms with Crippen LogP contribution < -0.4 is 20.7 Å². The summed E-state index contributed by atoms with van der Waals surface area (Å²) < 4.78 is 0. The van der Waals surface area contributed by atoms with E-state index < -0.39 is 8.07 Å². The molecule has 242 valence electrons. The summed E-state index contributed by atoms with van der Waals surface area (Å²) in [6.45, 7) is 0. The minimum atomic E-state index is -2.74. The van der Waals surface area contributed by atoms with Crippen LogP contribution in [0.4, 0.5) is 0 Å². The fourth-order valence-electron chi connectivity index (χ4n) is 7.50. The minimum absolute atomic E-state index is 0.154. The molecule has 0 amide bonds. The summed E-state index contributed by atoms with van der Waals surface area (Å²) in [6, 6.07) is 64.5. The molecule has 51 heavy (non-hydrogen) atoms. The first-order valence-electron chi connectivity index (χ1n) is 17.0. The molecule has 0 radical (unpaired) electrons. The molecule has 6 heteroatoms. The van der Waals surface area contributed by atoms with Gasteiger partial charge in [0.1, 0.15) is 0 Å². The predicted molar refractivity (Wildman–Crippen MR) is 214 cm³/mol. The Bertz CT molecular complexity index is 2560. The van der Waals surface area contributed by atoms with Crippen LogP contribution in [0.25, 0.3) is 55.7 Å². The third-order valence-corrected chi connectivity index (χ3v) is 14.7. The normalized spacial score (nSPS) is 11.6. The number of para-hydroxylation sites is 2. The van der Waals surface area contributed by atoms with Crippen LogP contribution in [0.5, 0.6) is 0 Å². The zero-order chi connectivity index (χ0) is 34.2. The molecule has 4 nitrogen and oxygen atoms in total. The maximum absolute atomic E-state index is 6.69. The van der Waals surface area contributed by atoms with Crippen LogP contribution in [0.1, 0.15) is 0 Å². The van der Waals surface area contributed by atoms with Crippen molar-refractivity contribution in [3.8, 4) is 33.9 Å². The van der Waals surface area contributed by atoms with Crippen LogP contribution in [0.2, 0.25) is 5.28 Å². The van der Waals surface area contributed by atoms with Crippen molar-refractivity contribution >= 4 is 62.2 Å². The summed E-state index contributed by atoms with van der Waals surface area (Å²) in [5.41, 5.74) is 6.15. The van der Waals surface area contributed by atoms with Gasteiger partial charge in [0.25, 0.3) is 0 Å². The summed E-state index contributed by atoms with van der Waals surface area (Å²) >= 11 is 6.69. The fraction of sp³-hybridized carbons (Fsp3) is 0. The van der Waals surface area contributed by atoms with Crippen molar-refractivity contribution in [2.24, 2.45) is 0 Å². The lowest BCUT2D eigenvalue weighted by atomic mass is 10.00. The molecule has 0 saturated heterocycles. The Kier molecular flexibility index (Phi) is 7.84. The molecule has 7 aromatic carbocycles. The molecule has 9 rings (SSSR count). The molecule has 0 spiro atoms. The van der Waals surface area contributed by atoms with Gasteiger partial charge in [-0.25, -0.2) is 4.98 Å². The lowest BCUT2D eigenvalue weighted by molar-refractivity contribution is 1.07. The highest BCUT2D eigenvalue weighted by Gasteiger charge is 2.41. The van der Waals surface area contributed by atoms with Gasteiger partial charge >= 0.3 is 0 Å². The number of aromatic amines is 1. The Balaban J connectivity index is 1.18. The number of hydrogen-bond donors (Lipinski definition) is 1. The van der Waals surface area contributed by atoms with E-state index in [1.807, 2.05) is 12.1 Å². The molecule has 0 aliphatic heterocycles. The Morgan fingerprint density at radius 1 is 0.412 bits per heavy atom. The van der Waals surface area contributed by atoms with E-state index in [9.17, 15) is 0 Å². The molecular weight excluding hydrogens is 660 g/mol. The number of hydrogen-bond acceptors (Lipinski definition) is 3. The number of rotatable bonds is 7. The molecule has 2 heterocycles. The summed E-state index contributed by atoms with van der Waals surface area (Å²) in [5, 5.41) is 7.69. The lowest BCUT2D eigenvalue weighted by Gasteiger charge is -2.34. The van der Waals surface area contributed by atoms with Crippen LogP contribution in [0, 0.1) is 0 Å². The van der Waals surface area contributed by atoms with Crippen molar-refractivity contribution in [3.63, 3.8) is 0 Å². The lowest BCUT2D eigenvalue weighted by Crippen LogP contribution is -2.74. The maximum Gasteiger partial charge on any atom is 0.226 e. The van der Waals surface area contributed by atoms with Gasteiger partial charge in [-0.3, -0.25) is 0 Å². The number of nitrogens with one attached hydrogen (secondary N) is 1. The first-order valence-corrected chi connectivity index (χ1v) is 19.4. The Morgan fingerprint density at radius 3 is 1.55 bits per heavy atom. The van der Waals surface area contributed by atoms with Crippen LogP contribution in [-0.4, -0.2) is 28.0 Å². The third kappa shape index (κ3) is 5.44. The largest absolute Gasteiger partial charge is 0.354 e. The topological polar surface area (TPSA) is 54.5 Å². The molecule has 0 aliphatic rings. The molecular formula is C45H31ClN4Si. The highest BCUT2D eigenvalue weighted by molar-refractivity contribution is 7.19. The van der Waals surface area contributed by atoms with E-state index in [1.165, 1.54) is 31.5 Å². The molecule has 9 aromatic rings. The van der Waals surface area contributed by atoms with E-state index >= 15 is 0 Å². The average Bonchev–Trinajstić information content (AvgIpc) is 3.59. The third-order valence-electron chi connectivity index (χ3n) is 9.76. The second-order valence-corrected chi connectivity index (χ2v) is 16.8. The maximum atomic E-state index is 6.69. The van der Waals surface area contributed by atoms with Gasteiger partial charge in [-0.2, -0.15) is 9.97 Å². The average molecular weight is 691 g/mol. The standard InChI is InChI=1S/C45H31ClN4Si/c46-45-49-43(32-16-12-15-31(29-32)38-26-14-27-40-39-25-10-11-28-41(39)47-42(38)40)48-44(50-45)33-17-13-24-37(30-33)51(34-18-4-1-5-19-34,35-20-6-2-7-21-35)36-22-8-3-9-23-36/h1-30,47H. The van der Waals surface area contributed by atoms with Crippen LogP contribution >= 0.6 is 11.6 Å². The first kappa shape index (κ1) is 30.9. The summed E-state index contributed by atoms with van der Waals surface area (Å²) in [6.07, 6.45) is 0. The Morgan fingerprint density at radius 2 is 0.902 bits per heavy atom. The van der Waals surface area contributed by atoms with Gasteiger partial charge in [-0.1, -0.05) is 170 Å². The SMILES string of the molecule is Clc1nc(-c2cccc(-c3cccc4c3[nH]c3ccccc34)c2)nc(-c2cccc([Si](c3ccccc3)(c3ccccc3)c3ccccc3)c2)n1. The quantitative estimate of drug-likeness (QED) is 0.135. The second kappa shape index (κ2) is 13.0. The van der Waals surface area contributed by atoms with Crippen LogP contribution in [0.3, 0.4) is 0 Å². The number of nitrogens with zero attached hydrogens (tertiary/aromatic N) is 3. The number of aromatic nitrogens is 4. The molecule has 0 saturated carbocycles. The van der Waals surface area contributed by atoms with Gasteiger partial charge in [-0.05, 0) is 50.0 Å². The first-order chi connectivity index (χ1) is 25.2. The van der Waals surface area contributed by atoms with Gasteiger partial charge in [0.15, 0.2) is 19.7 Å². The highest BCUT2D eigenvalue weighted by atomic mass is 35.5. The molecule has 0 fully saturated rings. The van der Waals surface area contributed by atoms with Gasteiger partial charge in [0, 0.05) is 33.0 Å². The van der Waals surface area contributed by atoms with Gasteiger partial charge in [-0.15, -0.1) is 0 Å². The molecule has 1 N–H and O–H groups in total. The van der Waals surface area contributed by atoms with Crippen LogP contribution in [-0.2, 0) is 0 Å². The summed E-state index contributed by atoms with van der Waals surface area (Å²) in [4.78, 5) is 18.0. The second-order valence-electron chi connectivity index (χ2n) is 12.7. The number of benzene rings is 7. The molecule has 2 aromatic heterocycles. The van der Waals surface area contributed by atoms with Gasteiger partial charge < -0.3 is 4.98 Å². The van der Waals surface area contributed by atoms with Crippen molar-refractivity contribution in [2.45, 2.75) is 0 Å². The molecule has 0 atom stereocenters. The van der Waals surface area contributed by atoms with Gasteiger partial charge in [0.2, 0.25) is 5.28 Å². The monoisotopic (exact) mass is 690 g/mol. The number of H-pyrrole nitrogens is 1. The van der Waals surface area contributed by atoms with E-state index in [-0.39, 0.29) is 5.28 Å². The van der Waals surface area contributed by atoms with Crippen molar-refractivity contribution in [3.05, 3.63) is 187 Å². The zero-order valence-electron chi connectivity index (χ0n) is 27.5. The highest BCUT2D eigenvalue weighted by Crippen LogP contribution is 2.34. The molecule has 0 unspecified atom stereocenters. The van der Waals surface area contributed by atoms with E-state index in [0.717, 1.165) is 33.3 Å². The van der Waals surface area contributed by atoms with E-state index in [4.69, 9.17) is 16.6 Å². The van der Waals surface area contributed by atoms with E-state index in [0.29, 0.717) is 11.6 Å². The summed E-state index contributed by atoms with van der Waals surface area (Å²) in [5.74, 6) is 1.06. The van der Waals surface area contributed by atoms with Crippen LogP contribution in [0.15, 0.2) is 182 Å². The fourth-order valence-corrected chi connectivity index (χ4v) is 12.5. The summed E-state index contributed by atoms with van der Waals surface area (Å²) in [7, 11) is -2.74. The number of fused-ring (bicyclic) bond motifs is 3. The molecule has 0 bridgehead atoms. The van der Waals surface area contributed by atoms with Gasteiger partial charge in [0.05, 0.1) is 5.52 Å². The van der Waals surface area contributed by atoms with Crippen molar-refractivity contribution in [2.75, 3.05) is 0 Å². The van der Waals surface area contributed by atoms with E-state index in [2.05, 4.69) is 185 Å². The number of halogens is 1. The van der Waals surface area contributed by atoms with Crippen molar-refractivity contribution in [1.29, 1.82) is 0 Å². The molecule has 0 aliphatic carbocycles. The van der Waals surface area contributed by atoms with E-state index in [1.54, 1.807) is 0 Å². The van der Waals surface area contributed by atoms with Crippen molar-refractivity contribution < 1.29 is 0 Å². The minimum Gasteiger partial charge on any atom is -0.354 e. The van der Waals surface area contributed by atoms with Crippen molar-refractivity contribution in [1.82, 2.24) is 19.9 Å². The Labute approximate surface area is 302 Å². The zero-order valence-corrected chi connectivity index (χ0v) is 29.3.